The molecule has 0 aliphatic carbocycles. The van der Waals surface area contributed by atoms with Crippen LogP contribution in [0.1, 0.15) is 44.2 Å². The number of nitrogens with zero attached hydrogens (tertiary/aromatic N) is 2. The van der Waals surface area contributed by atoms with Gasteiger partial charge in [0.2, 0.25) is 0 Å². The maximum Gasteiger partial charge on any atom is 0.0449 e. The van der Waals surface area contributed by atoms with Crippen molar-refractivity contribution in [2.45, 2.75) is 38.5 Å². The maximum atomic E-state index is 2.54. The third kappa shape index (κ3) is 2.95. The Bertz CT molecular complexity index is 703. The Morgan fingerprint density at radius 1 is 0.958 bits per heavy atom. The second kappa shape index (κ2) is 6.60. The number of hydrogen-bond acceptors (Lipinski definition) is 2. The van der Waals surface area contributed by atoms with Gasteiger partial charge in [-0.25, -0.2) is 0 Å². The van der Waals surface area contributed by atoms with Crippen molar-refractivity contribution < 1.29 is 0 Å². The van der Waals surface area contributed by atoms with Gasteiger partial charge in [-0.05, 0) is 61.7 Å². The smallest absolute Gasteiger partial charge is 0.0449 e. The summed E-state index contributed by atoms with van der Waals surface area (Å²) < 4.78 is 0. The first-order valence-corrected chi connectivity index (χ1v) is 9.03. The molecule has 0 bridgehead atoms. The first-order valence-electron chi connectivity index (χ1n) is 9.03. The van der Waals surface area contributed by atoms with E-state index in [4.69, 9.17) is 0 Å². The van der Waals surface area contributed by atoms with Crippen LogP contribution in [-0.4, -0.2) is 32.1 Å². The normalized spacial score (nSPS) is 18.9. The molecule has 2 aromatic carbocycles. The number of fused-ring (bicyclic) bond motifs is 2. The number of anilines is 2. The number of para-hydroxylation sites is 2. The van der Waals surface area contributed by atoms with Gasteiger partial charge in [-0.2, -0.15) is 0 Å². The van der Waals surface area contributed by atoms with E-state index >= 15 is 0 Å². The van der Waals surface area contributed by atoms with E-state index < -0.39 is 0 Å². The van der Waals surface area contributed by atoms with E-state index in [1.807, 2.05) is 0 Å². The predicted octanol–water partition coefficient (Wildman–Crippen LogP) is 5.17. The van der Waals surface area contributed by atoms with Gasteiger partial charge in [0, 0.05) is 17.9 Å². The molecule has 128 valence electrons. The van der Waals surface area contributed by atoms with Crippen LogP contribution in [-0.2, 0) is 5.41 Å². The molecule has 3 rings (SSSR count). The van der Waals surface area contributed by atoms with E-state index in [9.17, 15) is 0 Å². The molecule has 0 saturated heterocycles. The van der Waals surface area contributed by atoms with Crippen LogP contribution in [0.4, 0.5) is 11.4 Å². The number of benzene rings is 2. The van der Waals surface area contributed by atoms with Crippen LogP contribution in [0.3, 0.4) is 0 Å². The van der Waals surface area contributed by atoms with Crippen LogP contribution < -0.4 is 4.90 Å². The summed E-state index contributed by atoms with van der Waals surface area (Å²) in [5.74, 6) is 0.480. The highest BCUT2D eigenvalue weighted by molar-refractivity contribution is 5.73. The molecule has 1 unspecified atom stereocenters. The van der Waals surface area contributed by atoms with Crippen molar-refractivity contribution >= 4 is 11.4 Å². The van der Waals surface area contributed by atoms with E-state index in [0.29, 0.717) is 5.92 Å². The predicted molar refractivity (Wildman–Crippen MR) is 105 cm³/mol. The summed E-state index contributed by atoms with van der Waals surface area (Å²) in [6.45, 7) is 9.31. The molecule has 2 nitrogen and oxygen atoms in total. The first kappa shape index (κ1) is 17.0. The highest BCUT2D eigenvalue weighted by atomic mass is 15.2. The van der Waals surface area contributed by atoms with Crippen molar-refractivity contribution in [2.24, 2.45) is 0 Å². The van der Waals surface area contributed by atoms with Crippen molar-refractivity contribution in [2.75, 3.05) is 32.1 Å². The van der Waals surface area contributed by atoms with Gasteiger partial charge in [-0.15, -0.1) is 0 Å². The van der Waals surface area contributed by atoms with Crippen molar-refractivity contribution in [3.05, 3.63) is 59.7 Å². The van der Waals surface area contributed by atoms with Crippen molar-refractivity contribution in [3.63, 3.8) is 0 Å². The van der Waals surface area contributed by atoms with Gasteiger partial charge in [-0.3, -0.25) is 0 Å². The average molecular weight is 322 g/mol. The molecule has 0 N–H and O–H groups in total. The molecule has 0 saturated carbocycles. The summed E-state index contributed by atoms with van der Waals surface area (Å²) >= 11 is 0. The zero-order valence-corrected chi connectivity index (χ0v) is 15.7. The fraction of sp³-hybridized carbons (Fsp3) is 0.455. The zero-order valence-electron chi connectivity index (χ0n) is 15.7. The Balaban J connectivity index is 2.12. The largest absolute Gasteiger partial charge is 0.341 e. The third-order valence-corrected chi connectivity index (χ3v) is 5.65. The lowest BCUT2D eigenvalue weighted by molar-refractivity contribution is 0.402. The summed E-state index contributed by atoms with van der Waals surface area (Å²) in [5, 5.41) is 0. The molecule has 24 heavy (non-hydrogen) atoms. The second-order valence-corrected chi connectivity index (χ2v) is 7.83. The third-order valence-electron chi connectivity index (χ3n) is 5.65. The summed E-state index contributed by atoms with van der Waals surface area (Å²) in [4.78, 5) is 4.81. The highest BCUT2D eigenvalue weighted by Crippen LogP contribution is 2.49. The second-order valence-electron chi connectivity index (χ2n) is 7.83. The lowest BCUT2D eigenvalue weighted by Gasteiger charge is -2.32. The molecule has 0 fully saturated rings. The van der Waals surface area contributed by atoms with Gasteiger partial charge in [-0.1, -0.05) is 57.2 Å². The van der Waals surface area contributed by atoms with Gasteiger partial charge in [0.05, 0.1) is 0 Å². The Morgan fingerprint density at radius 2 is 1.58 bits per heavy atom. The van der Waals surface area contributed by atoms with E-state index in [-0.39, 0.29) is 5.41 Å². The topological polar surface area (TPSA) is 6.48 Å². The molecular formula is C22H30N2. The summed E-state index contributed by atoms with van der Waals surface area (Å²) in [6.07, 6.45) is 1.16. The quantitative estimate of drug-likeness (QED) is 0.766. The molecule has 1 aliphatic heterocycles. The molecule has 1 atom stereocenters. The monoisotopic (exact) mass is 322 g/mol. The molecule has 0 amide bonds. The van der Waals surface area contributed by atoms with Gasteiger partial charge < -0.3 is 9.80 Å². The Hall–Kier alpha value is -1.80. The lowest BCUT2D eigenvalue weighted by Crippen LogP contribution is -2.25. The standard InChI is InChI=1S/C22H30N2/c1-17-18-11-6-8-13-20(18)24(16-10-15-23(4)5)21-14-9-7-12-19(21)22(17,2)3/h6-9,11-14,17H,10,15-16H2,1-5H3. The molecular weight excluding hydrogens is 292 g/mol. The van der Waals surface area contributed by atoms with Crippen LogP contribution >= 0.6 is 0 Å². The van der Waals surface area contributed by atoms with Crippen molar-refractivity contribution in [1.82, 2.24) is 4.90 Å². The Labute approximate surface area is 147 Å². The van der Waals surface area contributed by atoms with Crippen molar-refractivity contribution in [3.8, 4) is 0 Å². The highest BCUT2D eigenvalue weighted by Gasteiger charge is 2.37. The van der Waals surface area contributed by atoms with E-state index in [1.54, 1.807) is 0 Å². The van der Waals surface area contributed by atoms with Crippen LogP contribution in [0.5, 0.6) is 0 Å². The fourth-order valence-electron chi connectivity index (χ4n) is 3.89. The minimum atomic E-state index is 0.114. The number of rotatable bonds is 4. The zero-order chi connectivity index (χ0) is 17.3. The molecule has 0 radical (unpaired) electrons. The van der Waals surface area contributed by atoms with E-state index in [2.05, 4.69) is 93.2 Å². The Morgan fingerprint density at radius 3 is 2.29 bits per heavy atom. The molecule has 2 heteroatoms. The Kier molecular flexibility index (Phi) is 4.69. The van der Waals surface area contributed by atoms with Gasteiger partial charge in [0.1, 0.15) is 0 Å². The number of hydrogen-bond donors (Lipinski definition) is 0. The molecule has 2 aromatic rings. The minimum absolute atomic E-state index is 0.114. The van der Waals surface area contributed by atoms with Crippen LogP contribution in [0, 0.1) is 0 Å². The van der Waals surface area contributed by atoms with Crippen LogP contribution in [0.2, 0.25) is 0 Å². The summed E-state index contributed by atoms with van der Waals surface area (Å²) in [7, 11) is 4.30. The summed E-state index contributed by atoms with van der Waals surface area (Å²) in [6, 6.07) is 17.9. The van der Waals surface area contributed by atoms with Crippen LogP contribution in [0.25, 0.3) is 0 Å². The molecule has 0 spiro atoms. The lowest BCUT2D eigenvalue weighted by atomic mass is 9.71. The van der Waals surface area contributed by atoms with Crippen LogP contribution in [0.15, 0.2) is 48.5 Å². The average Bonchev–Trinajstić information content (AvgIpc) is 2.63. The van der Waals surface area contributed by atoms with Gasteiger partial charge >= 0.3 is 0 Å². The maximum absolute atomic E-state index is 2.54. The van der Waals surface area contributed by atoms with E-state index in [0.717, 1.165) is 19.5 Å². The van der Waals surface area contributed by atoms with Gasteiger partial charge in [0.25, 0.3) is 0 Å². The van der Waals surface area contributed by atoms with Gasteiger partial charge in [0.15, 0.2) is 0 Å². The van der Waals surface area contributed by atoms with Crippen molar-refractivity contribution in [1.29, 1.82) is 0 Å². The van der Waals surface area contributed by atoms with E-state index in [1.165, 1.54) is 22.5 Å². The fourth-order valence-corrected chi connectivity index (χ4v) is 3.89. The summed E-state index contributed by atoms with van der Waals surface area (Å²) in [5.41, 5.74) is 5.78. The molecule has 1 heterocycles. The first-order chi connectivity index (χ1) is 11.4. The molecule has 1 aliphatic rings. The minimum Gasteiger partial charge on any atom is -0.341 e. The SMILES string of the molecule is CC1c2ccccc2N(CCCN(C)C)c2ccccc2C1(C)C. The molecule has 0 aromatic heterocycles.